The van der Waals surface area contributed by atoms with Crippen molar-refractivity contribution in [3.8, 4) is 0 Å². The van der Waals surface area contributed by atoms with Crippen LogP contribution in [-0.2, 0) is 39.8 Å². The summed E-state index contributed by atoms with van der Waals surface area (Å²) in [5.41, 5.74) is -1.67. The van der Waals surface area contributed by atoms with Crippen molar-refractivity contribution in [3.63, 3.8) is 0 Å². The van der Waals surface area contributed by atoms with Gasteiger partial charge in [-0.25, -0.2) is 9.59 Å². The number of carbonyl (C=O) groups excluding carboxylic acids is 1. The molecular formula is C25H30O12. The van der Waals surface area contributed by atoms with Crippen molar-refractivity contribution in [1.29, 1.82) is 0 Å². The molecule has 2 fully saturated rings. The maximum Gasteiger partial charge on any atom is 0.340 e. The molecule has 2 bridgehead atoms. The first-order chi connectivity index (χ1) is 17.3. The average molecular weight is 523 g/mol. The Bertz CT molecular complexity index is 1070. The van der Waals surface area contributed by atoms with E-state index in [-0.39, 0.29) is 12.3 Å². The molecule has 1 aromatic rings. The third-order valence-corrected chi connectivity index (χ3v) is 6.87. The fraction of sp³-hybridized carbons (Fsp3) is 0.520. The van der Waals surface area contributed by atoms with Gasteiger partial charge in [-0.3, -0.25) is 9.59 Å². The number of carboxylic acid groups (broad SMARTS) is 3. The molecule has 2 aliphatic rings. The van der Waals surface area contributed by atoms with Crippen LogP contribution >= 0.6 is 0 Å². The number of carbonyl (C=O) groups is 4. The van der Waals surface area contributed by atoms with E-state index in [1.54, 1.807) is 0 Å². The molecule has 1 aromatic carbocycles. The van der Waals surface area contributed by atoms with Gasteiger partial charge in [0.05, 0.1) is 0 Å². The molecule has 2 heterocycles. The number of fused-ring (bicyclic) bond motifs is 2. The van der Waals surface area contributed by atoms with E-state index < -0.39 is 72.0 Å². The van der Waals surface area contributed by atoms with E-state index >= 15 is 0 Å². The van der Waals surface area contributed by atoms with Gasteiger partial charge in [-0.05, 0) is 24.0 Å². The van der Waals surface area contributed by atoms with Crippen LogP contribution in [0, 0.1) is 11.8 Å². The number of aliphatic hydroxyl groups is 2. The normalized spacial score (nSPS) is 32.2. The summed E-state index contributed by atoms with van der Waals surface area (Å²) in [5.74, 6) is -11.2. The number of hydrogen-bond acceptors (Lipinski definition) is 9. The van der Waals surface area contributed by atoms with Crippen molar-refractivity contribution in [3.05, 3.63) is 48.0 Å². The number of ether oxygens (including phenoxy) is 3. The summed E-state index contributed by atoms with van der Waals surface area (Å²) < 4.78 is 16.3. The molecule has 0 amide bonds. The van der Waals surface area contributed by atoms with Crippen LogP contribution in [0.2, 0.25) is 0 Å². The highest BCUT2D eigenvalue weighted by atomic mass is 16.8. The minimum Gasteiger partial charge on any atom is -0.481 e. The Morgan fingerprint density at radius 1 is 1.05 bits per heavy atom. The first-order valence-electron chi connectivity index (χ1n) is 11.6. The van der Waals surface area contributed by atoms with Gasteiger partial charge in [0, 0.05) is 19.3 Å². The van der Waals surface area contributed by atoms with Gasteiger partial charge in [-0.2, -0.15) is 0 Å². The second kappa shape index (κ2) is 10.6. The van der Waals surface area contributed by atoms with Crippen LogP contribution in [0.5, 0.6) is 0 Å². The van der Waals surface area contributed by atoms with E-state index in [9.17, 15) is 44.7 Å². The molecule has 3 rings (SSSR count). The molecule has 0 aliphatic carbocycles. The van der Waals surface area contributed by atoms with E-state index in [0.717, 1.165) is 5.56 Å². The summed E-state index contributed by atoms with van der Waals surface area (Å²) in [6.45, 7) is 7.03. The zero-order chi connectivity index (χ0) is 27.7. The molecule has 37 heavy (non-hydrogen) atoms. The summed E-state index contributed by atoms with van der Waals surface area (Å²) in [4.78, 5) is 47.7. The highest BCUT2D eigenvalue weighted by molar-refractivity contribution is 5.92. The minimum absolute atomic E-state index is 0.110. The van der Waals surface area contributed by atoms with E-state index in [2.05, 4.69) is 6.58 Å². The van der Waals surface area contributed by atoms with Crippen molar-refractivity contribution in [2.45, 2.75) is 68.9 Å². The predicted molar refractivity (Wildman–Crippen MR) is 123 cm³/mol. The van der Waals surface area contributed by atoms with Crippen molar-refractivity contribution >= 4 is 23.9 Å². The number of carboxylic acids is 3. The minimum atomic E-state index is -2.98. The summed E-state index contributed by atoms with van der Waals surface area (Å²) >= 11 is 0. The fourth-order valence-corrected chi connectivity index (χ4v) is 5.15. The molecule has 8 atom stereocenters. The van der Waals surface area contributed by atoms with Crippen LogP contribution in [-0.4, -0.2) is 85.2 Å². The van der Waals surface area contributed by atoms with Gasteiger partial charge in [0.1, 0.15) is 24.2 Å². The monoisotopic (exact) mass is 522 g/mol. The molecule has 2 saturated heterocycles. The van der Waals surface area contributed by atoms with Gasteiger partial charge in [-0.15, -0.1) is 0 Å². The van der Waals surface area contributed by atoms with Crippen LogP contribution in [0.1, 0.15) is 32.3 Å². The number of aliphatic hydroxyl groups excluding tert-OH is 2. The Kier molecular flexibility index (Phi) is 8.08. The Balaban J connectivity index is 1.88. The number of hydrogen-bond donors (Lipinski definition) is 5. The molecule has 202 valence electrons. The molecular weight excluding hydrogens is 492 g/mol. The molecule has 5 N–H and O–H groups in total. The first kappa shape index (κ1) is 28.3. The molecule has 12 nitrogen and oxygen atoms in total. The quantitative estimate of drug-likeness (QED) is 0.201. The topological polar surface area (TPSA) is 197 Å². The maximum absolute atomic E-state index is 12.2. The van der Waals surface area contributed by atoms with Crippen molar-refractivity contribution < 1.29 is 58.9 Å². The number of esters is 1. The van der Waals surface area contributed by atoms with E-state index in [4.69, 9.17) is 14.2 Å². The SMILES string of the molecule is C=C(CC[C@@]12O[C@H](C(=O)O)[C@H](C(=O)O)[C@@](C(=O)O)(O1)[C@H](O)[C@H]2O)[C@@H](OC(C)=O)[C@H](C)Cc1ccccc1. The van der Waals surface area contributed by atoms with E-state index in [1.807, 2.05) is 37.3 Å². The van der Waals surface area contributed by atoms with E-state index in [0.29, 0.717) is 12.0 Å². The molecule has 0 unspecified atom stereocenters. The Labute approximate surface area is 212 Å². The van der Waals surface area contributed by atoms with Gasteiger partial charge < -0.3 is 39.7 Å². The third kappa shape index (κ3) is 5.10. The summed E-state index contributed by atoms with van der Waals surface area (Å²) in [5, 5.41) is 50.4. The second-order valence-corrected chi connectivity index (χ2v) is 9.45. The van der Waals surface area contributed by atoms with Crippen molar-refractivity contribution in [2.24, 2.45) is 11.8 Å². The van der Waals surface area contributed by atoms with Crippen LogP contribution < -0.4 is 0 Å². The zero-order valence-electron chi connectivity index (χ0n) is 20.3. The summed E-state index contributed by atoms with van der Waals surface area (Å²) in [6, 6.07) is 9.38. The average Bonchev–Trinajstić information content (AvgIpc) is 3.00. The van der Waals surface area contributed by atoms with Gasteiger partial charge in [-0.1, -0.05) is 43.8 Å². The van der Waals surface area contributed by atoms with E-state index in [1.165, 1.54) is 6.92 Å². The lowest BCUT2D eigenvalue weighted by Gasteiger charge is -2.44. The lowest BCUT2D eigenvalue weighted by atomic mass is 9.79. The lowest BCUT2D eigenvalue weighted by Crippen LogP contribution is -2.65. The maximum atomic E-state index is 12.2. The van der Waals surface area contributed by atoms with Gasteiger partial charge >= 0.3 is 23.9 Å². The second-order valence-electron chi connectivity index (χ2n) is 9.45. The smallest absolute Gasteiger partial charge is 0.340 e. The number of rotatable bonds is 11. The summed E-state index contributed by atoms with van der Waals surface area (Å²) in [7, 11) is 0. The van der Waals surface area contributed by atoms with Crippen LogP contribution in [0.25, 0.3) is 0 Å². The molecule has 0 aromatic heterocycles. The molecule has 12 heteroatoms. The fourth-order valence-electron chi connectivity index (χ4n) is 5.15. The van der Waals surface area contributed by atoms with Gasteiger partial charge in [0.15, 0.2) is 11.9 Å². The Morgan fingerprint density at radius 2 is 1.68 bits per heavy atom. The third-order valence-electron chi connectivity index (χ3n) is 6.87. The van der Waals surface area contributed by atoms with Crippen molar-refractivity contribution in [2.75, 3.05) is 0 Å². The Morgan fingerprint density at radius 3 is 2.19 bits per heavy atom. The molecule has 0 saturated carbocycles. The molecule has 2 aliphatic heterocycles. The van der Waals surface area contributed by atoms with Crippen molar-refractivity contribution in [1.82, 2.24) is 0 Å². The van der Waals surface area contributed by atoms with Crippen LogP contribution in [0.15, 0.2) is 42.5 Å². The highest BCUT2D eigenvalue weighted by Gasteiger charge is 2.77. The van der Waals surface area contributed by atoms with Crippen LogP contribution in [0.4, 0.5) is 0 Å². The first-order valence-corrected chi connectivity index (χ1v) is 11.6. The number of aliphatic carboxylic acids is 3. The number of benzene rings is 1. The van der Waals surface area contributed by atoms with Crippen LogP contribution in [0.3, 0.4) is 0 Å². The Hall–Kier alpha value is -3.32. The predicted octanol–water partition coefficient (Wildman–Crippen LogP) is 0.589. The standard InChI is InChI=1S/C25H30O12/c1-12(17(35-14(3)26)13(2)11-15-7-5-4-6-8-15)9-10-24-19(27)20(28)25(37-24,23(33)34)16(21(29)30)18(36-24)22(31)32/h4-8,13,16-20,27-28H,1,9-11H2,2-3H3,(H,29,30)(H,31,32)(H,33,34)/t13-,16-,17-,18+,19-,20-,24-,25-/m1/s1. The highest BCUT2D eigenvalue weighted by Crippen LogP contribution is 2.53. The zero-order valence-corrected chi connectivity index (χ0v) is 20.3. The largest absolute Gasteiger partial charge is 0.481 e. The summed E-state index contributed by atoms with van der Waals surface area (Å²) in [6.07, 6.45) is -7.48. The lowest BCUT2D eigenvalue weighted by molar-refractivity contribution is -0.342. The molecule has 0 spiro atoms. The van der Waals surface area contributed by atoms with Gasteiger partial charge in [0.25, 0.3) is 0 Å². The molecule has 0 radical (unpaired) electrons. The van der Waals surface area contributed by atoms with Gasteiger partial charge in [0.2, 0.25) is 5.60 Å².